The molecule has 1 amide bonds. The molecule has 0 fully saturated rings. The van der Waals surface area contributed by atoms with Crippen LogP contribution in [0.1, 0.15) is 31.1 Å². The molecule has 1 aliphatic carbocycles. The fourth-order valence-corrected chi connectivity index (χ4v) is 2.28. The van der Waals surface area contributed by atoms with Crippen molar-refractivity contribution in [3.63, 3.8) is 0 Å². The smallest absolute Gasteiger partial charge is 0.277 e. The molecule has 0 spiro atoms. The van der Waals surface area contributed by atoms with Crippen molar-refractivity contribution < 1.29 is 9.59 Å². The fourth-order valence-electron chi connectivity index (χ4n) is 2.01. The van der Waals surface area contributed by atoms with Gasteiger partial charge < -0.3 is 0 Å². The standard InChI is InChI=1S/C17H16BrNO2/c1-10(2)14-9-16(20)11(3)8-15(14)19-17(21)12-4-6-13(18)7-5-12/h4-10H,1-3H3. The number of hydrogen-bond donors (Lipinski definition) is 0. The zero-order valence-corrected chi connectivity index (χ0v) is 13.8. The molecule has 108 valence electrons. The van der Waals surface area contributed by atoms with Gasteiger partial charge in [-0.2, -0.15) is 0 Å². The third-order valence-electron chi connectivity index (χ3n) is 3.26. The predicted molar refractivity (Wildman–Crippen MR) is 87.6 cm³/mol. The normalized spacial score (nSPS) is 17.0. The van der Waals surface area contributed by atoms with E-state index in [1.54, 1.807) is 43.3 Å². The van der Waals surface area contributed by atoms with Gasteiger partial charge in [-0.25, -0.2) is 4.99 Å². The van der Waals surface area contributed by atoms with Gasteiger partial charge in [0.15, 0.2) is 5.78 Å². The average Bonchev–Trinajstić information content (AvgIpc) is 2.43. The van der Waals surface area contributed by atoms with Crippen molar-refractivity contribution in [3.8, 4) is 0 Å². The first kappa shape index (κ1) is 15.6. The number of allylic oxidation sites excluding steroid dienone is 4. The molecular weight excluding hydrogens is 330 g/mol. The number of nitrogens with zero attached hydrogens (tertiary/aromatic N) is 1. The maximum atomic E-state index is 12.2. The molecule has 0 atom stereocenters. The van der Waals surface area contributed by atoms with Gasteiger partial charge in [0.25, 0.3) is 5.91 Å². The molecule has 0 saturated carbocycles. The Morgan fingerprint density at radius 1 is 1.14 bits per heavy atom. The first-order valence-electron chi connectivity index (χ1n) is 6.71. The van der Waals surface area contributed by atoms with Crippen LogP contribution in [0.5, 0.6) is 0 Å². The van der Waals surface area contributed by atoms with Crippen LogP contribution in [-0.4, -0.2) is 17.4 Å². The number of ketones is 1. The highest BCUT2D eigenvalue weighted by molar-refractivity contribution is 9.10. The van der Waals surface area contributed by atoms with Crippen LogP contribution < -0.4 is 0 Å². The first-order chi connectivity index (χ1) is 9.88. The lowest BCUT2D eigenvalue weighted by molar-refractivity contribution is -0.111. The summed E-state index contributed by atoms with van der Waals surface area (Å²) in [5.74, 6) is -0.189. The Morgan fingerprint density at radius 3 is 2.33 bits per heavy atom. The number of benzene rings is 1. The van der Waals surface area contributed by atoms with Crippen molar-refractivity contribution >= 4 is 33.3 Å². The molecule has 1 aromatic rings. The van der Waals surface area contributed by atoms with E-state index in [0.29, 0.717) is 16.8 Å². The van der Waals surface area contributed by atoms with Crippen LogP contribution in [0.2, 0.25) is 0 Å². The number of amides is 1. The Balaban J connectivity index is 2.38. The van der Waals surface area contributed by atoms with E-state index < -0.39 is 0 Å². The Morgan fingerprint density at radius 2 is 1.76 bits per heavy atom. The molecule has 21 heavy (non-hydrogen) atoms. The van der Waals surface area contributed by atoms with E-state index in [-0.39, 0.29) is 17.6 Å². The predicted octanol–water partition coefficient (Wildman–Crippen LogP) is 4.14. The van der Waals surface area contributed by atoms with Gasteiger partial charge in [-0.1, -0.05) is 29.8 Å². The number of rotatable bonds is 2. The van der Waals surface area contributed by atoms with E-state index in [0.717, 1.165) is 10.0 Å². The lowest BCUT2D eigenvalue weighted by Gasteiger charge is -2.16. The summed E-state index contributed by atoms with van der Waals surface area (Å²) in [5, 5.41) is 0. The molecule has 0 unspecified atom stereocenters. The van der Waals surface area contributed by atoms with Gasteiger partial charge >= 0.3 is 0 Å². The summed E-state index contributed by atoms with van der Waals surface area (Å²) in [4.78, 5) is 28.2. The number of halogens is 1. The molecular formula is C17H16BrNO2. The van der Waals surface area contributed by atoms with E-state index in [4.69, 9.17) is 0 Å². The van der Waals surface area contributed by atoms with Gasteiger partial charge in [0.2, 0.25) is 0 Å². The maximum absolute atomic E-state index is 12.2. The zero-order chi connectivity index (χ0) is 15.6. The van der Waals surface area contributed by atoms with Gasteiger partial charge in [-0.3, -0.25) is 9.59 Å². The molecule has 2 rings (SSSR count). The quantitative estimate of drug-likeness (QED) is 0.756. The maximum Gasteiger partial charge on any atom is 0.277 e. The third-order valence-corrected chi connectivity index (χ3v) is 3.79. The molecule has 3 nitrogen and oxygen atoms in total. The van der Waals surface area contributed by atoms with Crippen molar-refractivity contribution in [2.24, 2.45) is 10.9 Å². The average molecular weight is 346 g/mol. The summed E-state index contributed by atoms with van der Waals surface area (Å²) in [6.07, 6.45) is 3.27. The minimum Gasteiger partial charge on any atom is -0.290 e. The Hall–Kier alpha value is -1.81. The largest absolute Gasteiger partial charge is 0.290 e. The van der Waals surface area contributed by atoms with Gasteiger partial charge in [0.1, 0.15) is 0 Å². The number of carbonyl (C=O) groups is 2. The Kier molecular flexibility index (Phi) is 4.68. The van der Waals surface area contributed by atoms with E-state index in [1.807, 2.05) is 13.8 Å². The highest BCUT2D eigenvalue weighted by Gasteiger charge is 2.19. The second kappa shape index (κ2) is 6.31. The van der Waals surface area contributed by atoms with E-state index in [2.05, 4.69) is 20.9 Å². The van der Waals surface area contributed by atoms with Crippen LogP contribution in [0.15, 0.2) is 57.0 Å². The van der Waals surface area contributed by atoms with Gasteiger partial charge in [-0.05, 0) is 60.4 Å². The zero-order valence-electron chi connectivity index (χ0n) is 12.2. The lowest BCUT2D eigenvalue weighted by Crippen LogP contribution is -2.17. The van der Waals surface area contributed by atoms with Crippen LogP contribution in [0, 0.1) is 5.92 Å². The minimum atomic E-state index is -0.303. The van der Waals surface area contributed by atoms with E-state index >= 15 is 0 Å². The number of aliphatic imine (C=N–C) groups is 1. The molecule has 0 aromatic heterocycles. The van der Waals surface area contributed by atoms with E-state index in [1.165, 1.54) is 0 Å². The van der Waals surface area contributed by atoms with Gasteiger partial charge in [0.05, 0.1) is 5.71 Å². The molecule has 4 heteroatoms. The highest BCUT2D eigenvalue weighted by atomic mass is 79.9. The highest BCUT2D eigenvalue weighted by Crippen LogP contribution is 2.20. The van der Waals surface area contributed by atoms with Crippen molar-refractivity contribution in [1.82, 2.24) is 0 Å². The number of hydrogen-bond acceptors (Lipinski definition) is 2. The van der Waals surface area contributed by atoms with Crippen molar-refractivity contribution in [1.29, 1.82) is 0 Å². The molecule has 0 aliphatic heterocycles. The molecule has 0 N–H and O–H groups in total. The second-order valence-corrected chi connectivity index (χ2v) is 6.17. The summed E-state index contributed by atoms with van der Waals surface area (Å²) in [5.41, 5.74) is 2.50. The summed E-state index contributed by atoms with van der Waals surface area (Å²) in [6.45, 7) is 5.69. The lowest BCUT2D eigenvalue weighted by atomic mass is 9.90. The second-order valence-electron chi connectivity index (χ2n) is 5.26. The van der Waals surface area contributed by atoms with Crippen LogP contribution in [0.3, 0.4) is 0 Å². The summed E-state index contributed by atoms with van der Waals surface area (Å²) < 4.78 is 0.911. The van der Waals surface area contributed by atoms with Gasteiger partial charge in [-0.15, -0.1) is 0 Å². The topological polar surface area (TPSA) is 46.5 Å². The van der Waals surface area contributed by atoms with E-state index in [9.17, 15) is 9.59 Å². The molecule has 1 aliphatic rings. The van der Waals surface area contributed by atoms with Crippen LogP contribution in [0.4, 0.5) is 0 Å². The molecule has 1 aromatic carbocycles. The molecule has 0 heterocycles. The number of carbonyl (C=O) groups excluding carboxylic acids is 2. The fraction of sp³-hybridized carbons (Fsp3) is 0.235. The third kappa shape index (κ3) is 3.64. The summed E-state index contributed by atoms with van der Waals surface area (Å²) in [6, 6.07) is 7.05. The van der Waals surface area contributed by atoms with Gasteiger partial charge in [0, 0.05) is 10.0 Å². The van der Waals surface area contributed by atoms with Crippen molar-refractivity contribution in [2.45, 2.75) is 20.8 Å². The monoisotopic (exact) mass is 345 g/mol. The molecule has 0 bridgehead atoms. The Bertz CT molecular complexity index is 679. The van der Waals surface area contributed by atoms with Crippen molar-refractivity contribution in [3.05, 3.63) is 57.6 Å². The van der Waals surface area contributed by atoms with Crippen LogP contribution in [-0.2, 0) is 4.79 Å². The first-order valence-corrected chi connectivity index (χ1v) is 7.51. The van der Waals surface area contributed by atoms with Crippen LogP contribution >= 0.6 is 15.9 Å². The van der Waals surface area contributed by atoms with Crippen molar-refractivity contribution in [2.75, 3.05) is 0 Å². The minimum absolute atomic E-state index is 0.0197. The summed E-state index contributed by atoms with van der Waals surface area (Å²) in [7, 11) is 0. The van der Waals surface area contributed by atoms with Crippen LogP contribution in [0.25, 0.3) is 0 Å². The molecule has 0 radical (unpaired) electrons. The summed E-state index contributed by atoms with van der Waals surface area (Å²) >= 11 is 3.33. The Labute approximate surface area is 132 Å². The SMILES string of the molecule is CC1=CC(=NC(=O)c2ccc(Br)cc2)C(C(C)C)=CC1=O. The molecule has 0 saturated heterocycles.